The largest absolute Gasteiger partial charge is 0.872 e. The molecule has 0 bridgehead atoms. The highest BCUT2D eigenvalue weighted by molar-refractivity contribution is 7.80. The molecule has 15 nitrogen and oxygen atoms in total. The SMILES string of the molecule is NC1=N[C@H]2[C@H](COC(=O)c3ccc([O-])cc3)N=C(N)N3C[C@H](OS(=O)(=O)O)C(O)(O)[C@]23N1. The van der Waals surface area contributed by atoms with Crippen molar-refractivity contribution in [3.8, 4) is 5.75 Å². The van der Waals surface area contributed by atoms with Gasteiger partial charge in [0.05, 0.1) is 12.1 Å². The number of hydrogen-bond acceptors (Lipinski definition) is 14. The lowest BCUT2D eigenvalue weighted by atomic mass is 9.86. The highest BCUT2D eigenvalue weighted by Gasteiger charge is 2.74. The van der Waals surface area contributed by atoms with Crippen LogP contribution in [0.1, 0.15) is 10.4 Å². The smallest absolute Gasteiger partial charge is 0.397 e. The molecule has 0 radical (unpaired) electrons. The molecule has 3 aliphatic rings. The molecule has 0 aromatic heterocycles. The van der Waals surface area contributed by atoms with Crippen LogP contribution in [-0.2, 0) is 19.3 Å². The van der Waals surface area contributed by atoms with Gasteiger partial charge in [0, 0.05) is 0 Å². The van der Waals surface area contributed by atoms with Gasteiger partial charge in [0.1, 0.15) is 18.7 Å². The summed E-state index contributed by atoms with van der Waals surface area (Å²) in [6.45, 7) is -0.931. The predicted octanol–water partition coefficient (Wildman–Crippen LogP) is -4.22. The fraction of sp³-hybridized carbons (Fsp3) is 0.438. The van der Waals surface area contributed by atoms with Crippen molar-refractivity contribution in [1.82, 2.24) is 10.2 Å². The van der Waals surface area contributed by atoms with Gasteiger partial charge in [-0.15, -0.1) is 5.75 Å². The number of carbonyl (C=O) groups is 1. The quantitative estimate of drug-likeness (QED) is 0.136. The first-order valence-electron chi connectivity index (χ1n) is 9.12. The van der Waals surface area contributed by atoms with E-state index in [2.05, 4.69) is 19.5 Å². The second kappa shape index (κ2) is 7.17. The number of nitrogens with one attached hydrogen (secondary N) is 1. The average molecular weight is 471 g/mol. The van der Waals surface area contributed by atoms with E-state index in [0.717, 1.165) is 4.90 Å². The van der Waals surface area contributed by atoms with E-state index in [-0.39, 0.29) is 23.2 Å². The van der Waals surface area contributed by atoms with Gasteiger partial charge in [0.2, 0.25) is 5.79 Å². The standard InChI is InChI=1S/C16H20N6O9S/c17-13-20-11-9(6-30-12(24)7-1-3-8(23)4-2-7)19-14(18)22-5-10(31-32(27,28)29)16(25,26)15(11,22)21-13/h1-4,9-11,23,25-26H,5-6H2,(H2,18,19)(H3,17,20,21)(H,27,28,29)/p-1/t9-,10-,11-,15-/m0/s1. The van der Waals surface area contributed by atoms with Crippen LogP contribution in [0.5, 0.6) is 5.75 Å². The molecule has 0 unspecified atom stereocenters. The van der Waals surface area contributed by atoms with E-state index in [1.807, 2.05) is 0 Å². The number of aliphatic hydroxyl groups is 2. The fourth-order valence-electron chi connectivity index (χ4n) is 4.12. The molecule has 0 amide bonds. The van der Waals surface area contributed by atoms with E-state index in [4.69, 9.17) is 20.8 Å². The lowest BCUT2D eigenvalue weighted by molar-refractivity contribution is -0.268. The number of ether oxygens (including phenoxy) is 1. The summed E-state index contributed by atoms with van der Waals surface area (Å²) >= 11 is 0. The third-order valence-electron chi connectivity index (χ3n) is 5.46. The van der Waals surface area contributed by atoms with Gasteiger partial charge in [0.25, 0.3) is 0 Å². The van der Waals surface area contributed by atoms with E-state index in [0.29, 0.717) is 0 Å². The van der Waals surface area contributed by atoms with Crippen LogP contribution in [0.4, 0.5) is 0 Å². The Labute approximate surface area is 180 Å². The Bertz CT molecular complexity index is 1110. The molecular formula is C16H19N6O9S-. The molecule has 4 atom stereocenters. The lowest BCUT2D eigenvalue weighted by Crippen LogP contribution is -2.77. The number of nitrogens with two attached hydrogens (primary N) is 2. The second-order valence-corrected chi connectivity index (χ2v) is 8.43. The highest BCUT2D eigenvalue weighted by Crippen LogP contribution is 2.46. The first-order valence-corrected chi connectivity index (χ1v) is 10.5. The van der Waals surface area contributed by atoms with E-state index < -0.39 is 59.2 Å². The van der Waals surface area contributed by atoms with E-state index in [9.17, 15) is 28.5 Å². The van der Waals surface area contributed by atoms with Gasteiger partial charge in [-0.05, 0) is 12.1 Å². The Hall–Kier alpha value is -3.18. The molecule has 32 heavy (non-hydrogen) atoms. The number of aliphatic imine (C=N–C) groups is 2. The number of guanidine groups is 2. The van der Waals surface area contributed by atoms with Crippen molar-refractivity contribution in [2.45, 2.75) is 29.6 Å². The van der Waals surface area contributed by atoms with Gasteiger partial charge >= 0.3 is 16.4 Å². The van der Waals surface area contributed by atoms with Crippen LogP contribution in [0.15, 0.2) is 34.3 Å². The summed E-state index contributed by atoms with van der Waals surface area (Å²) in [7, 11) is -5.07. The first kappa shape index (κ1) is 22.0. The molecule has 0 aliphatic carbocycles. The summed E-state index contributed by atoms with van der Waals surface area (Å²) in [5.74, 6) is -4.58. The number of nitrogens with zero attached hydrogens (tertiary/aromatic N) is 3. The van der Waals surface area contributed by atoms with Gasteiger partial charge in [-0.25, -0.2) is 19.0 Å². The molecule has 3 heterocycles. The molecule has 1 fully saturated rings. The summed E-state index contributed by atoms with van der Waals surface area (Å²) in [6, 6.07) is 2.65. The predicted molar refractivity (Wildman–Crippen MR) is 103 cm³/mol. The summed E-state index contributed by atoms with van der Waals surface area (Å²) in [6.07, 6.45) is -1.89. The fourth-order valence-corrected chi connectivity index (χ4v) is 4.61. The zero-order chi connectivity index (χ0) is 23.5. The molecule has 1 aromatic carbocycles. The number of benzene rings is 1. The van der Waals surface area contributed by atoms with Crippen molar-refractivity contribution in [3.05, 3.63) is 29.8 Å². The number of esters is 1. The van der Waals surface area contributed by atoms with Crippen LogP contribution in [-0.4, -0.2) is 88.8 Å². The van der Waals surface area contributed by atoms with Crippen LogP contribution in [0.25, 0.3) is 0 Å². The Balaban J connectivity index is 1.62. The maximum absolute atomic E-state index is 12.3. The molecular weight excluding hydrogens is 452 g/mol. The molecule has 16 heteroatoms. The molecule has 1 spiro atoms. The van der Waals surface area contributed by atoms with E-state index in [1.165, 1.54) is 24.3 Å². The molecule has 174 valence electrons. The van der Waals surface area contributed by atoms with Gasteiger partial charge in [-0.3, -0.25) is 4.55 Å². The van der Waals surface area contributed by atoms with Gasteiger partial charge in [0.15, 0.2) is 23.7 Å². The summed E-state index contributed by atoms with van der Waals surface area (Å²) < 4.78 is 41.1. The molecule has 1 aromatic rings. The Morgan fingerprint density at radius 1 is 1.28 bits per heavy atom. The van der Waals surface area contributed by atoms with Gasteiger partial charge in [-0.2, -0.15) is 8.42 Å². The number of rotatable bonds is 5. The van der Waals surface area contributed by atoms with Gasteiger partial charge < -0.3 is 41.7 Å². The van der Waals surface area contributed by atoms with Crippen molar-refractivity contribution < 1.29 is 42.0 Å². The van der Waals surface area contributed by atoms with Crippen LogP contribution in [0.2, 0.25) is 0 Å². The maximum atomic E-state index is 12.3. The minimum absolute atomic E-state index is 0.0995. The van der Waals surface area contributed by atoms with Gasteiger partial charge in [-0.1, -0.05) is 12.1 Å². The Kier molecular flexibility index (Phi) is 4.94. The molecule has 8 N–H and O–H groups in total. The Morgan fingerprint density at radius 2 is 1.94 bits per heavy atom. The zero-order valence-electron chi connectivity index (χ0n) is 16.2. The molecule has 0 saturated carbocycles. The first-order chi connectivity index (χ1) is 14.8. The van der Waals surface area contributed by atoms with Crippen molar-refractivity contribution in [1.29, 1.82) is 0 Å². The van der Waals surface area contributed by atoms with E-state index in [1.54, 1.807) is 0 Å². The average Bonchev–Trinajstić information content (AvgIpc) is 3.15. The topological polar surface area (TPSA) is 245 Å². The normalized spacial score (nSPS) is 30.6. The maximum Gasteiger partial charge on any atom is 0.397 e. The summed E-state index contributed by atoms with van der Waals surface area (Å²) in [4.78, 5) is 21.7. The Morgan fingerprint density at radius 3 is 2.56 bits per heavy atom. The number of hydrogen-bond donors (Lipinski definition) is 6. The van der Waals surface area contributed by atoms with Crippen LogP contribution in [0, 0.1) is 0 Å². The third kappa shape index (κ3) is 3.37. The third-order valence-corrected chi connectivity index (χ3v) is 5.94. The molecule has 1 saturated heterocycles. The van der Waals surface area contributed by atoms with Crippen molar-refractivity contribution in [3.63, 3.8) is 0 Å². The molecule has 3 aliphatic heterocycles. The summed E-state index contributed by atoms with van der Waals surface area (Å²) in [5, 5.41) is 35.5. The minimum Gasteiger partial charge on any atom is -0.872 e. The van der Waals surface area contributed by atoms with Crippen LogP contribution < -0.4 is 21.9 Å². The highest BCUT2D eigenvalue weighted by atomic mass is 32.3. The second-order valence-electron chi connectivity index (χ2n) is 7.38. The lowest BCUT2D eigenvalue weighted by Gasteiger charge is -2.48. The summed E-state index contributed by atoms with van der Waals surface area (Å²) in [5.41, 5.74) is 9.80. The van der Waals surface area contributed by atoms with Crippen molar-refractivity contribution in [2.24, 2.45) is 21.5 Å². The minimum atomic E-state index is -5.07. The van der Waals surface area contributed by atoms with Crippen LogP contribution in [0.3, 0.4) is 0 Å². The van der Waals surface area contributed by atoms with Crippen molar-refractivity contribution in [2.75, 3.05) is 13.2 Å². The van der Waals surface area contributed by atoms with Crippen molar-refractivity contribution >= 4 is 28.3 Å². The van der Waals surface area contributed by atoms with E-state index >= 15 is 0 Å². The monoisotopic (exact) mass is 471 g/mol. The number of carbonyl (C=O) groups excluding carboxylic acids is 1. The molecule has 4 rings (SSSR count). The zero-order valence-corrected chi connectivity index (χ0v) is 17.0. The van der Waals surface area contributed by atoms with Crippen LogP contribution >= 0.6 is 0 Å².